The second kappa shape index (κ2) is 8.35. The lowest BCUT2D eigenvalue weighted by Gasteiger charge is -2.10. The van der Waals surface area contributed by atoms with Crippen molar-refractivity contribution >= 4 is 33.5 Å². The molecule has 2 heterocycles. The second-order valence-corrected chi connectivity index (χ2v) is 8.00. The van der Waals surface area contributed by atoms with E-state index in [9.17, 15) is 14.0 Å². The number of hydrogen-bond acceptors (Lipinski definition) is 3. The minimum atomic E-state index is -0.518. The average molecular weight is 440 g/mol. The number of rotatable bonds is 5. The molecule has 0 unspecified atom stereocenters. The van der Waals surface area contributed by atoms with Gasteiger partial charge in [-0.05, 0) is 36.8 Å². The van der Waals surface area contributed by atoms with E-state index in [0.717, 1.165) is 22.0 Å². The zero-order chi connectivity index (χ0) is 22.9. The fourth-order valence-electron chi connectivity index (χ4n) is 4.07. The van der Waals surface area contributed by atoms with Crippen LogP contribution in [0.2, 0.25) is 0 Å². The number of nitrogens with zero attached hydrogens (tertiary/aromatic N) is 3. The molecule has 0 spiro atoms. The van der Waals surface area contributed by atoms with Crippen LogP contribution in [-0.4, -0.2) is 20.0 Å². The number of fused-ring (bicyclic) bond motifs is 3. The Labute approximate surface area is 188 Å². The van der Waals surface area contributed by atoms with Crippen molar-refractivity contribution < 1.29 is 9.18 Å². The summed E-state index contributed by atoms with van der Waals surface area (Å²) < 4.78 is 17.2. The summed E-state index contributed by atoms with van der Waals surface area (Å²) in [6, 6.07) is 21.4. The summed E-state index contributed by atoms with van der Waals surface area (Å²) in [6.07, 6.45) is 1.54. The number of benzene rings is 3. The molecule has 6 nitrogen and oxygen atoms in total. The Morgan fingerprint density at radius 1 is 1.03 bits per heavy atom. The molecule has 3 aromatic carbocycles. The van der Waals surface area contributed by atoms with Gasteiger partial charge in [0.05, 0.1) is 24.1 Å². The summed E-state index contributed by atoms with van der Waals surface area (Å²) in [4.78, 5) is 30.9. The molecule has 0 aliphatic rings. The van der Waals surface area contributed by atoms with Crippen LogP contribution < -0.4 is 10.9 Å². The smallest absolute Gasteiger partial charge is 0.278 e. The van der Waals surface area contributed by atoms with Gasteiger partial charge < -0.3 is 9.88 Å². The van der Waals surface area contributed by atoms with Crippen molar-refractivity contribution in [3.63, 3.8) is 0 Å². The Balaban J connectivity index is 1.62. The van der Waals surface area contributed by atoms with Crippen molar-refractivity contribution in [2.45, 2.75) is 20.0 Å². The summed E-state index contributed by atoms with van der Waals surface area (Å²) in [5, 5.41) is 3.40. The highest BCUT2D eigenvalue weighted by Gasteiger charge is 2.19. The lowest BCUT2D eigenvalue weighted by atomic mass is 10.1. The fraction of sp³-hybridized carbons (Fsp3) is 0.115. The Hall–Kier alpha value is -4.26. The van der Waals surface area contributed by atoms with Gasteiger partial charge in [0, 0.05) is 5.39 Å². The lowest BCUT2D eigenvalue weighted by molar-refractivity contribution is -0.116. The maximum Gasteiger partial charge on any atom is 0.278 e. The fourth-order valence-corrected chi connectivity index (χ4v) is 4.07. The van der Waals surface area contributed by atoms with Crippen LogP contribution in [0.25, 0.3) is 21.9 Å². The molecule has 0 fully saturated rings. The molecule has 0 radical (unpaired) electrons. The number of anilines is 1. The molecule has 0 saturated heterocycles. The van der Waals surface area contributed by atoms with Crippen LogP contribution in [0.5, 0.6) is 0 Å². The first-order valence-electron chi connectivity index (χ1n) is 10.6. The Kier molecular flexibility index (Phi) is 5.22. The van der Waals surface area contributed by atoms with Gasteiger partial charge in [-0.25, -0.2) is 9.37 Å². The highest BCUT2D eigenvalue weighted by Crippen LogP contribution is 2.27. The van der Waals surface area contributed by atoms with Gasteiger partial charge in [0.15, 0.2) is 0 Å². The van der Waals surface area contributed by atoms with Gasteiger partial charge in [-0.1, -0.05) is 54.1 Å². The number of halogens is 1. The Morgan fingerprint density at radius 2 is 1.79 bits per heavy atom. The molecule has 0 aliphatic carbocycles. The van der Waals surface area contributed by atoms with E-state index in [1.807, 2.05) is 55.5 Å². The van der Waals surface area contributed by atoms with Crippen molar-refractivity contribution in [2.75, 3.05) is 5.32 Å². The van der Waals surface area contributed by atoms with E-state index in [4.69, 9.17) is 0 Å². The summed E-state index contributed by atoms with van der Waals surface area (Å²) in [5.74, 6) is -0.951. The summed E-state index contributed by atoms with van der Waals surface area (Å²) in [5.41, 5.74) is 3.46. The SMILES string of the molecule is Cc1ccc2c(c1)c1ncn(Cc3ccccc3)c(=O)c1n2CC(=O)Nc1ccccc1F. The molecular formula is C26H21FN4O2. The molecule has 0 saturated carbocycles. The Bertz CT molecular complexity index is 1550. The number of carbonyl (C=O) groups excluding carboxylic acids is 1. The van der Waals surface area contributed by atoms with E-state index >= 15 is 0 Å². The number of aryl methyl sites for hydroxylation is 1. The molecular weight excluding hydrogens is 419 g/mol. The standard InChI is InChI=1S/C26H21FN4O2/c1-17-11-12-22-19(13-17)24-25(26(33)30(16-28-24)14-18-7-3-2-4-8-18)31(22)15-23(32)29-21-10-6-5-9-20(21)27/h2-13,16H,14-15H2,1H3,(H,29,32). The van der Waals surface area contributed by atoms with Crippen LogP contribution in [-0.2, 0) is 17.9 Å². The molecule has 5 rings (SSSR count). The molecule has 7 heteroatoms. The molecule has 0 aliphatic heterocycles. The van der Waals surface area contributed by atoms with Gasteiger partial charge in [0.25, 0.3) is 5.56 Å². The number of amides is 1. The van der Waals surface area contributed by atoms with Gasteiger partial charge in [-0.2, -0.15) is 0 Å². The molecule has 0 bridgehead atoms. The van der Waals surface area contributed by atoms with Gasteiger partial charge in [-0.15, -0.1) is 0 Å². The monoisotopic (exact) mass is 440 g/mol. The van der Waals surface area contributed by atoms with Crippen LogP contribution in [0, 0.1) is 12.7 Å². The van der Waals surface area contributed by atoms with Gasteiger partial charge in [0.1, 0.15) is 23.4 Å². The van der Waals surface area contributed by atoms with Crippen molar-refractivity contribution in [2.24, 2.45) is 0 Å². The molecule has 2 aromatic heterocycles. The molecule has 164 valence electrons. The predicted octanol–water partition coefficient (Wildman–Crippen LogP) is 4.49. The first-order valence-corrected chi connectivity index (χ1v) is 10.6. The van der Waals surface area contributed by atoms with Gasteiger partial charge >= 0.3 is 0 Å². The molecule has 1 amide bonds. The third-order valence-electron chi connectivity index (χ3n) is 5.63. The largest absolute Gasteiger partial charge is 0.325 e. The molecule has 5 aromatic rings. The van der Waals surface area contributed by atoms with Gasteiger partial charge in [0.2, 0.25) is 5.91 Å². The second-order valence-electron chi connectivity index (χ2n) is 8.00. The van der Waals surface area contributed by atoms with E-state index in [1.54, 1.807) is 23.0 Å². The zero-order valence-electron chi connectivity index (χ0n) is 18.0. The number of para-hydroxylation sites is 1. The first-order chi connectivity index (χ1) is 16.0. The Morgan fingerprint density at radius 3 is 2.58 bits per heavy atom. The molecule has 0 atom stereocenters. The topological polar surface area (TPSA) is 68.9 Å². The average Bonchev–Trinajstić information content (AvgIpc) is 3.11. The quantitative estimate of drug-likeness (QED) is 0.438. The van der Waals surface area contributed by atoms with E-state index in [2.05, 4.69) is 10.3 Å². The van der Waals surface area contributed by atoms with Crippen LogP contribution in [0.4, 0.5) is 10.1 Å². The summed E-state index contributed by atoms with van der Waals surface area (Å²) in [6.45, 7) is 2.18. The highest BCUT2D eigenvalue weighted by atomic mass is 19.1. The predicted molar refractivity (Wildman–Crippen MR) is 127 cm³/mol. The maximum absolute atomic E-state index is 14.0. The van der Waals surface area contributed by atoms with E-state index in [0.29, 0.717) is 17.6 Å². The van der Waals surface area contributed by atoms with Crippen LogP contribution in [0.3, 0.4) is 0 Å². The third-order valence-corrected chi connectivity index (χ3v) is 5.63. The number of carbonyl (C=O) groups is 1. The first kappa shape index (κ1) is 20.6. The number of aromatic nitrogens is 3. The number of hydrogen-bond donors (Lipinski definition) is 1. The van der Waals surface area contributed by atoms with Crippen molar-refractivity contribution in [3.8, 4) is 0 Å². The third kappa shape index (κ3) is 3.89. The lowest BCUT2D eigenvalue weighted by Crippen LogP contribution is -2.25. The zero-order valence-corrected chi connectivity index (χ0v) is 18.0. The van der Waals surface area contributed by atoms with Gasteiger partial charge in [-0.3, -0.25) is 14.2 Å². The van der Waals surface area contributed by atoms with Crippen molar-refractivity contribution in [1.82, 2.24) is 14.1 Å². The minimum absolute atomic E-state index is 0.0960. The summed E-state index contributed by atoms with van der Waals surface area (Å²) >= 11 is 0. The van der Waals surface area contributed by atoms with E-state index < -0.39 is 11.7 Å². The van der Waals surface area contributed by atoms with Crippen LogP contribution in [0.15, 0.2) is 83.9 Å². The normalized spacial score (nSPS) is 11.2. The maximum atomic E-state index is 14.0. The molecule has 1 N–H and O–H groups in total. The minimum Gasteiger partial charge on any atom is -0.325 e. The van der Waals surface area contributed by atoms with E-state index in [1.165, 1.54) is 16.7 Å². The molecule has 33 heavy (non-hydrogen) atoms. The van der Waals surface area contributed by atoms with E-state index in [-0.39, 0.29) is 17.8 Å². The van der Waals surface area contributed by atoms with Crippen LogP contribution >= 0.6 is 0 Å². The highest BCUT2D eigenvalue weighted by molar-refractivity contribution is 6.06. The van der Waals surface area contributed by atoms with Crippen LogP contribution in [0.1, 0.15) is 11.1 Å². The van der Waals surface area contributed by atoms with Crippen molar-refractivity contribution in [3.05, 3.63) is 106 Å². The number of nitrogens with one attached hydrogen (secondary N) is 1. The van der Waals surface area contributed by atoms with Crippen molar-refractivity contribution in [1.29, 1.82) is 0 Å². The summed E-state index contributed by atoms with van der Waals surface area (Å²) in [7, 11) is 0.